The van der Waals surface area contributed by atoms with Crippen molar-refractivity contribution >= 4 is 22.7 Å². The minimum Gasteiger partial charge on any atom is -0.358 e. The van der Waals surface area contributed by atoms with Crippen LogP contribution in [0.4, 0.5) is 0 Å². The zero-order chi connectivity index (χ0) is 15.7. The average molecular weight is 299 g/mol. The van der Waals surface area contributed by atoms with Crippen molar-refractivity contribution in [1.82, 2.24) is 15.2 Å². The first-order chi connectivity index (χ1) is 10.6. The monoisotopic (exact) mass is 299 g/mol. The quantitative estimate of drug-likeness (QED) is 0.815. The molecule has 0 aliphatic carbocycles. The molecule has 22 heavy (non-hydrogen) atoms. The van der Waals surface area contributed by atoms with Gasteiger partial charge in [0.25, 0.3) is 0 Å². The number of H-pyrrole nitrogens is 1. The van der Waals surface area contributed by atoms with E-state index in [1.165, 1.54) is 6.07 Å². The number of fused-ring (bicyclic) bond motifs is 1. The summed E-state index contributed by atoms with van der Waals surface area (Å²) in [6.07, 6.45) is 0.542. The zero-order valence-corrected chi connectivity index (χ0v) is 12.3. The van der Waals surface area contributed by atoms with Gasteiger partial charge in [0.2, 0.25) is 17.4 Å². The number of likely N-dealkylation sites (tertiary alicyclic amines) is 1. The van der Waals surface area contributed by atoms with Gasteiger partial charge in [-0.25, -0.2) is 0 Å². The van der Waals surface area contributed by atoms with E-state index < -0.39 is 5.92 Å². The van der Waals surface area contributed by atoms with Crippen LogP contribution in [0.3, 0.4) is 0 Å². The predicted molar refractivity (Wildman–Crippen MR) is 82.2 cm³/mol. The molecule has 114 valence electrons. The largest absolute Gasteiger partial charge is 0.358 e. The van der Waals surface area contributed by atoms with Crippen molar-refractivity contribution in [3.8, 4) is 0 Å². The second-order valence-electron chi connectivity index (χ2n) is 5.42. The number of carbonyl (C=O) groups excluding carboxylic acids is 2. The van der Waals surface area contributed by atoms with Crippen LogP contribution in [0.15, 0.2) is 35.1 Å². The summed E-state index contributed by atoms with van der Waals surface area (Å²) >= 11 is 0. The van der Waals surface area contributed by atoms with Crippen LogP contribution in [-0.4, -0.2) is 35.3 Å². The lowest BCUT2D eigenvalue weighted by atomic mass is 10.1. The SMILES string of the molecule is CNC(=O)[C@@H]1CCN(Cc2cccc3[nH]c(=O)ccc23)C1=O. The van der Waals surface area contributed by atoms with Gasteiger partial charge in [-0.3, -0.25) is 14.4 Å². The lowest BCUT2D eigenvalue weighted by molar-refractivity contribution is -0.137. The highest BCUT2D eigenvalue weighted by Gasteiger charge is 2.36. The number of hydrogen-bond acceptors (Lipinski definition) is 3. The lowest BCUT2D eigenvalue weighted by Crippen LogP contribution is -2.34. The van der Waals surface area contributed by atoms with Gasteiger partial charge in [-0.1, -0.05) is 12.1 Å². The first-order valence-electron chi connectivity index (χ1n) is 7.21. The molecule has 1 fully saturated rings. The van der Waals surface area contributed by atoms with Crippen molar-refractivity contribution in [1.29, 1.82) is 0 Å². The molecule has 1 aromatic carbocycles. The Hall–Kier alpha value is -2.63. The molecule has 6 nitrogen and oxygen atoms in total. The fourth-order valence-electron chi connectivity index (χ4n) is 2.91. The first-order valence-corrected chi connectivity index (χ1v) is 7.21. The topological polar surface area (TPSA) is 82.3 Å². The molecular weight excluding hydrogens is 282 g/mol. The van der Waals surface area contributed by atoms with E-state index in [0.29, 0.717) is 19.5 Å². The summed E-state index contributed by atoms with van der Waals surface area (Å²) in [7, 11) is 1.54. The van der Waals surface area contributed by atoms with Crippen LogP contribution in [0.5, 0.6) is 0 Å². The van der Waals surface area contributed by atoms with E-state index in [-0.39, 0.29) is 17.4 Å². The Balaban J connectivity index is 1.87. The third-order valence-corrected chi connectivity index (χ3v) is 4.08. The van der Waals surface area contributed by atoms with Gasteiger partial charge in [-0.15, -0.1) is 0 Å². The van der Waals surface area contributed by atoms with E-state index in [4.69, 9.17) is 0 Å². The summed E-state index contributed by atoms with van der Waals surface area (Å²) in [5.41, 5.74) is 1.56. The summed E-state index contributed by atoms with van der Waals surface area (Å²) in [5, 5.41) is 3.45. The molecule has 1 saturated heterocycles. The predicted octanol–water partition coefficient (Wildman–Crippen LogP) is 0.623. The Labute approximate surface area is 127 Å². The van der Waals surface area contributed by atoms with Gasteiger partial charge in [0.15, 0.2) is 0 Å². The van der Waals surface area contributed by atoms with Crippen LogP contribution in [-0.2, 0) is 16.1 Å². The number of aromatic nitrogens is 1. The van der Waals surface area contributed by atoms with Gasteiger partial charge >= 0.3 is 0 Å². The second kappa shape index (κ2) is 5.63. The standard InChI is InChI=1S/C16H17N3O3/c1-17-15(21)12-7-8-19(16(12)22)9-10-3-2-4-13-11(10)5-6-14(20)18-13/h2-6,12H,7-9H2,1H3,(H,17,21)(H,18,20)/t12-/m0/s1. The lowest BCUT2D eigenvalue weighted by Gasteiger charge is -2.17. The fraction of sp³-hybridized carbons (Fsp3) is 0.312. The number of carbonyl (C=O) groups is 2. The van der Waals surface area contributed by atoms with Crippen molar-refractivity contribution in [2.75, 3.05) is 13.6 Å². The molecule has 0 bridgehead atoms. The molecule has 0 unspecified atom stereocenters. The van der Waals surface area contributed by atoms with Crippen molar-refractivity contribution in [3.05, 3.63) is 46.2 Å². The van der Waals surface area contributed by atoms with Crippen LogP contribution in [0, 0.1) is 5.92 Å². The molecule has 1 aliphatic heterocycles. The van der Waals surface area contributed by atoms with E-state index in [1.54, 1.807) is 18.0 Å². The fourth-order valence-corrected chi connectivity index (χ4v) is 2.91. The van der Waals surface area contributed by atoms with Gasteiger partial charge in [-0.05, 0) is 24.1 Å². The molecule has 0 spiro atoms. The van der Waals surface area contributed by atoms with Crippen LogP contribution in [0.2, 0.25) is 0 Å². The van der Waals surface area contributed by atoms with E-state index in [1.807, 2.05) is 18.2 Å². The molecule has 2 heterocycles. The molecule has 3 rings (SSSR count). The number of benzene rings is 1. The highest BCUT2D eigenvalue weighted by molar-refractivity contribution is 6.01. The van der Waals surface area contributed by atoms with Crippen molar-refractivity contribution in [2.45, 2.75) is 13.0 Å². The molecule has 6 heteroatoms. The Morgan fingerprint density at radius 3 is 2.91 bits per heavy atom. The highest BCUT2D eigenvalue weighted by Crippen LogP contribution is 2.23. The number of amides is 2. The summed E-state index contributed by atoms with van der Waals surface area (Å²) in [4.78, 5) is 39.8. The van der Waals surface area contributed by atoms with Gasteiger partial charge in [-0.2, -0.15) is 0 Å². The van der Waals surface area contributed by atoms with E-state index in [2.05, 4.69) is 10.3 Å². The Morgan fingerprint density at radius 1 is 1.32 bits per heavy atom. The minimum atomic E-state index is -0.584. The molecule has 2 N–H and O–H groups in total. The zero-order valence-electron chi connectivity index (χ0n) is 12.3. The first kappa shape index (κ1) is 14.3. The van der Waals surface area contributed by atoms with Crippen LogP contribution in [0.1, 0.15) is 12.0 Å². The van der Waals surface area contributed by atoms with Crippen molar-refractivity contribution in [3.63, 3.8) is 0 Å². The van der Waals surface area contributed by atoms with E-state index in [0.717, 1.165) is 16.5 Å². The molecule has 1 aromatic heterocycles. The number of hydrogen-bond donors (Lipinski definition) is 2. The van der Waals surface area contributed by atoms with Gasteiger partial charge in [0.1, 0.15) is 5.92 Å². The summed E-state index contributed by atoms with van der Waals surface area (Å²) in [5.74, 6) is -0.949. The van der Waals surface area contributed by atoms with Gasteiger partial charge in [0.05, 0.1) is 0 Å². The molecule has 1 atom stereocenters. The third-order valence-electron chi connectivity index (χ3n) is 4.08. The summed E-state index contributed by atoms with van der Waals surface area (Å²) in [6, 6.07) is 8.86. The maximum absolute atomic E-state index is 12.3. The molecular formula is C16H17N3O3. The van der Waals surface area contributed by atoms with Crippen LogP contribution in [0.25, 0.3) is 10.9 Å². The average Bonchev–Trinajstić information content (AvgIpc) is 2.87. The van der Waals surface area contributed by atoms with E-state index in [9.17, 15) is 14.4 Å². The minimum absolute atomic E-state index is 0.138. The van der Waals surface area contributed by atoms with Crippen molar-refractivity contribution in [2.24, 2.45) is 5.92 Å². The number of rotatable bonds is 3. The van der Waals surface area contributed by atoms with E-state index >= 15 is 0 Å². The normalized spacial score (nSPS) is 18.0. The number of nitrogens with one attached hydrogen (secondary N) is 2. The summed E-state index contributed by atoms with van der Waals surface area (Å²) < 4.78 is 0. The summed E-state index contributed by atoms with van der Waals surface area (Å²) in [6.45, 7) is 1.01. The second-order valence-corrected chi connectivity index (χ2v) is 5.42. The molecule has 2 aromatic rings. The number of aromatic amines is 1. The maximum Gasteiger partial charge on any atom is 0.248 e. The van der Waals surface area contributed by atoms with Crippen molar-refractivity contribution < 1.29 is 9.59 Å². The Kier molecular flexibility index (Phi) is 3.66. The molecule has 2 amide bonds. The maximum atomic E-state index is 12.3. The van der Waals surface area contributed by atoms with Crippen LogP contribution < -0.4 is 10.9 Å². The number of nitrogens with zero attached hydrogens (tertiary/aromatic N) is 1. The van der Waals surface area contributed by atoms with Gasteiger partial charge < -0.3 is 15.2 Å². The Morgan fingerprint density at radius 2 is 2.14 bits per heavy atom. The Bertz CT molecular complexity index is 797. The molecule has 1 aliphatic rings. The third kappa shape index (κ3) is 2.47. The van der Waals surface area contributed by atoms with Gasteiger partial charge in [0, 0.05) is 37.1 Å². The molecule has 0 saturated carbocycles. The number of pyridine rings is 1. The highest BCUT2D eigenvalue weighted by atomic mass is 16.2. The smallest absolute Gasteiger partial charge is 0.248 e. The van der Waals surface area contributed by atoms with Crippen LogP contribution >= 0.6 is 0 Å². The molecule has 0 radical (unpaired) electrons.